The monoisotopic (exact) mass is 349 g/mol. The van der Waals surface area contributed by atoms with E-state index in [2.05, 4.69) is 9.82 Å². The van der Waals surface area contributed by atoms with Crippen LogP contribution in [0.3, 0.4) is 0 Å². The predicted molar refractivity (Wildman–Crippen MR) is 87.0 cm³/mol. The summed E-state index contributed by atoms with van der Waals surface area (Å²) in [6.45, 7) is 0.588. The van der Waals surface area contributed by atoms with Gasteiger partial charge in [0, 0.05) is 23.9 Å². The third-order valence-electron chi connectivity index (χ3n) is 3.40. The second-order valence-corrected chi connectivity index (χ2v) is 7.09. The highest BCUT2D eigenvalue weighted by Crippen LogP contribution is 2.18. The minimum Gasteiger partial charge on any atom is -0.472 e. The summed E-state index contributed by atoms with van der Waals surface area (Å²) in [5.74, 6) is -0.713. The third-order valence-corrected chi connectivity index (χ3v) is 4.75. The Morgan fingerprint density at radius 1 is 1.25 bits per heavy atom. The van der Waals surface area contributed by atoms with E-state index in [-0.39, 0.29) is 12.3 Å². The number of nitrogens with one attached hydrogen (secondary N) is 1. The minimum absolute atomic E-state index is 0.199. The second-order valence-electron chi connectivity index (χ2n) is 5.29. The van der Waals surface area contributed by atoms with E-state index in [1.165, 1.54) is 18.2 Å². The molecule has 0 spiro atoms. The van der Waals surface area contributed by atoms with Crippen LogP contribution in [0.25, 0.3) is 11.1 Å². The predicted octanol–water partition coefficient (Wildman–Crippen LogP) is 2.40. The topological polar surface area (TPSA) is 77.1 Å². The molecule has 0 unspecified atom stereocenters. The Balaban J connectivity index is 1.54. The van der Waals surface area contributed by atoms with Crippen molar-refractivity contribution in [1.29, 1.82) is 0 Å². The van der Waals surface area contributed by atoms with Gasteiger partial charge in [0.1, 0.15) is 5.82 Å². The molecule has 0 saturated carbocycles. The van der Waals surface area contributed by atoms with E-state index in [9.17, 15) is 12.8 Å². The van der Waals surface area contributed by atoms with Crippen molar-refractivity contribution >= 4 is 10.0 Å². The molecule has 0 aliphatic heterocycles. The lowest BCUT2D eigenvalue weighted by Gasteiger charge is -2.07. The number of rotatable bonds is 7. The first-order chi connectivity index (χ1) is 11.5. The van der Waals surface area contributed by atoms with Crippen molar-refractivity contribution in [3.8, 4) is 11.1 Å². The van der Waals surface area contributed by atoms with Crippen LogP contribution < -0.4 is 4.72 Å². The van der Waals surface area contributed by atoms with Gasteiger partial charge >= 0.3 is 0 Å². The highest BCUT2D eigenvalue weighted by molar-refractivity contribution is 7.88. The maximum Gasteiger partial charge on any atom is 0.215 e. The van der Waals surface area contributed by atoms with Crippen LogP contribution in [0.4, 0.5) is 4.39 Å². The molecule has 3 aromatic rings. The van der Waals surface area contributed by atoms with Crippen molar-refractivity contribution in [2.24, 2.45) is 0 Å². The van der Waals surface area contributed by atoms with E-state index in [1.54, 1.807) is 29.5 Å². The average molecular weight is 349 g/mol. The van der Waals surface area contributed by atoms with Gasteiger partial charge < -0.3 is 4.42 Å². The minimum atomic E-state index is -3.53. The van der Waals surface area contributed by atoms with Crippen LogP contribution in [0.15, 0.2) is 59.7 Å². The van der Waals surface area contributed by atoms with Gasteiger partial charge in [-0.25, -0.2) is 17.5 Å². The van der Waals surface area contributed by atoms with Gasteiger partial charge in [0.05, 0.1) is 31.0 Å². The Labute approximate surface area is 139 Å². The van der Waals surface area contributed by atoms with Crippen LogP contribution in [0.2, 0.25) is 0 Å². The van der Waals surface area contributed by atoms with E-state index in [0.717, 1.165) is 11.1 Å². The molecule has 0 fully saturated rings. The molecular formula is C16H16FN3O3S. The highest BCUT2D eigenvalue weighted by atomic mass is 32.2. The zero-order valence-corrected chi connectivity index (χ0v) is 13.5. The van der Waals surface area contributed by atoms with Crippen molar-refractivity contribution in [3.05, 3.63) is 66.6 Å². The van der Waals surface area contributed by atoms with Crippen LogP contribution >= 0.6 is 0 Å². The largest absolute Gasteiger partial charge is 0.472 e. The summed E-state index contributed by atoms with van der Waals surface area (Å²) < 4.78 is 46.3. The van der Waals surface area contributed by atoms with E-state index >= 15 is 0 Å². The fourth-order valence-electron chi connectivity index (χ4n) is 2.28. The Morgan fingerprint density at radius 2 is 2.12 bits per heavy atom. The molecular weight excluding hydrogens is 333 g/mol. The Kier molecular flexibility index (Phi) is 4.77. The van der Waals surface area contributed by atoms with Crippen LogP contribution in [-0.2, 0) is 22.3 Å². The van der Waals surface area contributed by atoms with Gasteiger partial charge in [-0.05, 0) is 23.8 Å². The molecule has 3 rings (SSSR count). The molecule has 0 saturated heterocycles. The van der Waals surface area contributed by atoms with Crippen LogP contribution in [0, 0.1) is 5.82 Å². The van der Waals surface area contributed by atoms with Gasteiger partial charge in [0.25, 0.3) is 0 Å². The van der Waals surface area contributed by atoms with Crippen molar-refractivity contribution < 1.29 is 17.2 Å². The van der Waals surface area contributed by atoms with Crippen LogP contribution in [-0.4, -0.2) is 24.7 Å². The summed E-state index contributed by atoms with van der Waals surface area (Å²) in [5, 5.41) is 4.18. The number of aromatic nitrogens is 2. The normalized spacial score (nSPS) is 11.7. The summed E-state index contributed by atoms with van der Waals surface area (Å²) in [6, 6.07) is 7.38. The summed E-state index contributed by atoms with van der Waals surface area (Å²) in [6.07, 6.45) is 6.69. The number of benzene rings is 1. The van der Waals surface area contributed by atoms with Crippen molar-refractivity contribution in [1.82, 2.24) is 14.5 Å². The zero-order valence-electron chi connectivity index (χ0n) is 12.7. The number of hydrogen-bond acceptors (Lipinski definition) is 4. The standard InChI is InChI=1S/C16H16FN3O3S/c17-16-3-1-2-13(8-16)12-24(21,22)19-5-6-20-10-15(9-18-20)14-4-7-23-11-14/h1-4,7-11,19H,5-6,12H2. The number of sulfonamides is 1. The number of hydrogen-bond donors (Lipinski definition) is 1. The van der Waals surface area contributed by atoms with Gasteiger partial charge in [-0.3, -0.25) is 4.68 Å². The molecule has 2 heterocycles. The summed E-state index contributed by atoms with van der Waals surface area (Å²) in [7, 11) is -3.53. The first-order valence-electron chi connectivity index (χ1n) is 7.29. The molecule has 0 amide bonds. The smallest absolute Gasteiger partial charge is 0.215 e. The molecule has 0 atom stereocenters. The van der Waals surface area contributed by atoms with Crippen molar-refractivity contribution in [2.75, 3.05) is 6.54 Å². The van der Waals surface area contributed by atoms with E-state index in [4.69, 9.17) is 4.42 Å². The molecule has 24 heavy (non-hydrogen) atoms. The number of halogens is 1. The van der Waals surface area contributed by atoms with Crippen LogP contribution in [0.5, 0.6) is 0 Å². The van der Waals surface area contributed by atoms with Gasteiger partial charge in [-0.2, -0.15) is 5.10 Å². The second kappa shape index (κ2) is 6.98. The van der Waals surface area contributed by atoms with Gasteiger partial charge in [0.15, 0.2) is 0 Å². The Morgan fingerprint density at radius 3 is 2.88 bits per heavy atom. The Hall–Kier alpha value is -2.45. The average Bonchev–Trinajstić information content (AvgIpc) is 3.17. The van der Waals surface area contributed by atoms with E-state index in [0.29, 0.717) is 12.1 Å². The van der Waals surface area contributed by atoms with Gasteiger partial charge in [0.2, 0.25) is 10.0 Å². The SMILES string of the molecule is O=S(=O)(Cc1cccc(F)c1)NCCn1cc(-c2ccoc2)cn1. The lowest BCUT2D eigenvalue weighted by molar-refractivity contribution is 0.560. The molecule has 1 aromatic carbocycles. The fourth-order valence-corrected chi connectivity index (χ4v) is 3.40. The first kappa shape index (κ1) is 16.4. The summed E-state index contributed by atoms with van der Waals surface area (Å²) in [5.41, 5.74) is 2.21. The molecule has 6 nitrogen and oxygen atoms in total. The molecule has 0 bridgehead atoms. The quantitative estimate of drug-likeness (QED) is 0.710. The molecule has 0 radical (unpaired) electrons. The molecule has 0 aliphatic rings. The summed E-state index contributed by atoms with van der Waals surface area (Å²) in [4.78, 5) is 0. The molecule has 126 valence electrons. The van der Waals surface area contributed by atoms with Crippen molar-refractivity contribution in [3.63, 3.8) is 0 Å². The van der Waals surface area contributed by atoms with Gasteiger partial charge in [-0.15, -0.1) is 0 Å². The number of furan rings is 1. The Bertz CT molecular complexity index is 904. The van der Waals surface area contributed by atoms with Crippen LogP contribution in [0.1, 0.15) is 5.56 Å². The zero-order chi connectivity index (χ0) is 17.0. The fraction of sp³-hybridized carbons (Fsp3) is 0.188. The van der Waals surface area contributed by atoms with E-state index < -0.39 is 15.8 Å². The molecule has 8 heteroatoms. The van der Waals surface area contributed by atoms with Crippen molar-refractivity contribution in [2.45, 2.75) is 12.3 Å². The lowest BCUT2D eigenvalue weighted by atomic mass is 10.2. The van der Waals surface area contributed by atoms with E-state index in [1.807, 2.05) is 12.3 Å². The maximum atomic E-state index is 13.1. The maximum absolute atomic E-state index is 13.1. The molecule has 0 aliphatic carbocycles. The molecule has 1 N–H and O–H groups in total. The first-order valence-corrected chi connectivity index (χ1v) is 8.94. The summed E-state index contributed by atoms with van der Waals surface area (Å²) >= 11 is 0. The lowest BCUT2D eigenvalue weighted by Crippen LogP contribution is -2.28. The van der Waals surface area contributed by atoms with Gasteiger partial charge in [-0.1, -0.05) is 12.1 Å². The molecule has 2 aromatic heterocycles. The highest BCUT2D eigenvalue weighted by Gasteiger charge is 2.12. The third kappa shape index (κ3) is 4.30. The number of nitrogens with zero attached hydrogens (tertiary/aromatic N) is 2.